The number of nitrogens with zero attached hydrogens (tertiary/aromatic N) is 4. The fourth-order valence-electron chi connectivity index (χ4n) is 3.44. The average Bonchev–Trinajstić information content (AvgIpc) is 3.25. The lowest BCUT2D eigenvalue weighted by atomic mass is 9.99. The summed E-state index contributed by atoms with van der Waals surface area (Å²) in [5, 5.41) is 40.3. The highest BCUT2D eigenvalue weighted by Crippen LogP contribution is 2.37. The van der Waals surface area contributed by atoms with Gasteiger partial charge in [0.05, 0.1) is 17.5 Å². The Labute approximate surface area is 165 Å². The molecule has 0 bridgehead atoms. The zero-order valence-corrected chi connectivity index (χ0v) is 15.6. The third kappa shape index (κ3) is 3.21. The lowest BCUT2D eigenvalue weighted by molar-refractivity contribution is -0.0903. The van der Waals surface area contributed by atoms with Gasteiger partial charge in [-0.1, -0.05) is 28.9 Å². The number of oxime groups is 1. The molecular weight excluding hydrogens is 388 g/mol. The normalized spacial score (nSPS) is 29.1. The lowest BCUT2D eigenvalue weighted by Gasteiger charge is -2.21. The molecule has 0 spiro atoms. The summed E-state index contributed by atoms with van der Waals surface area (Å²) in [6, 6.07) is 6.55. The monoisotopic (exact) mass is 406 g/mol. The zero-order chi connectivity index (χ0) is 19.8. The van der Waals surface area contributed by atoms with E-state index in [9.17, 15) is 15.3 Å². The van der Waals surface area contributed by atoms with Crippen LogP contribution in [0.15, 0.2) is 40.6 Å². The van der Waals surface area contributed by atoms with Gasteiger partial charge in [-0.3, -0.25) is 0 Å². The van der Waals surface area contributed by atoms with Crippen molar-refractivity contribution in [3.8, 4) is 0 Å². The van der Waals surface area contributed by atoms with Crippen molar-refractivity contribution in [1.82, 2.24) is 9.78 Å². The van der Waals surface area contributed by atoms with Crippen molar-refractivity contribution in [2.45, 2.75) is 37.1 Å². The molecular formula is C18H19ClN4O5. The third-order valence-corrected chi connectivity index (χ3v) is 5.11. The molecule has 1 fully saturated rings. The summed E-state index contributed by atoms with van der Waals surface area (Å²) in [4.78, 5) is 8.96. The van der Waals surface area contributed by atoms with E-state index in [1.54, 1.807) is 36.7 Å². The van der Waals surface area contributed by atoms with Gasteiger partial charge in [-0.2, -0.15) is 5.10 Å². The average molecular weight is 407 g/mol. The van der Waals surface area contributed by atoms with Gasteiger partial charge >= 0.3 is 0 Å². The maximum Gasteiger partial charge on any atom is 0.201 e. The van der Waals surface area contributed by atoms with Crippen molar-refractivity contribution in [2.75, 3.05) is 7.11 Å². The summed E-state index contributed by atoms with van der Waals surface area (Å²) in [6.45, 7) is 0. The molecule has 1 aromatic heterocycles. The largest absolute Gasteiger partial charge is 0.397 e. The molecule has 2 aliphatic rings. The Morgan fingerprint density at radius 3 is 2.75 bits per heavy atom. The maximum atomic E-state index is 10.6. The molecule has 0 radical (unpaired) electrons. The van der Waals surface area contributed by atoms with E-state index in [1.807, 2.05) is 0 Å². The van der Waals surface area contributed by atoms with E-state index >= 15 is 0 Å². The molecule has 2 aromatic rings. The Morgan fingerprint density at radius 2 is 2.04 bits per heavy atom. The van der Waals surface area contributed by atoms with E-state index in [4.69, 9.17) is 21.2 Å². The second-order valence-corrected chi connectivity index (χ2v) is 6.97. The van der Waals surface area contributed by atoms with Crippen LogP contribution in [-0.4, -0.2) is 62.6 Å². The molecule has 0 saturated carbocycles. The lowest BCUT2D eigenvalue weighted by Crippen LogP contribution is -2.35. The predicted molar refractivity (Wildman–Crippen MR) is 100 cm³/mol. The third-order valence-electron chi connectivity index (χ3n) is 4.85. The van der Waals surface area contributed by atoms with E-state index in [2.05, 4.69) is 15.2 Å². The number of rotatable bonds is 4. The molecule has 3 heterocycles. The number of ether oxygens (including phenoxy) is 1. The number of aliphatic hydroxyl groups is 3. The minimum Gasteiger partial charge on any atom is -0.397 e. The maximum absolute atomic E-state index is 10.6. The first-order valence-corrected chi connectivity index (χ1v) is 9.04. The van der Waals surface area contributed by atoms with Crippen LogP contribution in [-0.2, 0) is 16.0 Å². The summed E-state index contributed by atoms with van der Waals surface area (Å²) in [7, 11) is 1.42. The number of amidine groups is 1. The van der Waals surface area contributed by atoms with Gasteiger partial charge in [0, 0.05) is 17.7 Å². The van der Waals surface area contributed by atoms with Crippen molar-refractivity contribution in [3.05, 3.63) is 52.3 Å². The standard InChI is InChI=1S/C18H19ClN4O5/c1-27-22-17-11-8-21-23(12(11)6-7-20-17)18-15(26)14(25)16(28-18)13(24)9-2-4-10(19)5-3-9/h2-5,7-8,13-16,18,24-26H,6H2,1H3/b22-17+/t13-,14+,15-,16-,18-/m1/s1. The number of hydrogen-bond donors (Lipinski definition) is 3. The Morgan fingerprint density at radius 1 is 1.29 bits per heavy atom. The number of aliphatic imine (C=N–C) groups is 1. The molecule has 4 rings (SSSR count). The van der Waals surface area contributed by atoms with E-state index in [0.29, 0.717) is 34.1 Å². The molecule has 10 heteroatoms. The number of aliphatic hydroxyl groups excluding tert-OH is 3. The van der Waals surface area contributed by atoms with Crippen LogP contribution in [0.5, 0.6) is 0 Å². The van der Waals surface area contributed by atoms with E-state index in [1.165, 1.54) is 11.8 Å². The Balaban J connectivity index is 1.61. The van der Waals surface area contributed by atoms with Crippen molar-refractivity contribution >= 4 is 23.7 Å². The molecule has 9 nitrogen and oxygen atoms in total. The molecule has 0 aliphatic carbocycles. The van der Waals surface area contributed by atoms with Crippen molar-refractivity contribution in [3.63, 3.8) is 0 Å². The molecule has 3 N–H and O–H groups in total. The van der Waals surface area contributed by atoms with Crippen LogP contribution < -0.4 is 0 Å². The molecule has 148 valence electrons. The van der Waals surface area contributed by atoms with Crippen molar-refractivity contribution in [2.24, 2.45) is 10.1 Å². The van der Waals surface area contributed by atoms with E-state index < -0.39 is 30.6 Å². The van der Waals surface area contributed by atoms with E-state index in [0.717, 1.165) is 0 Å². The van der Waals surface area contributed by atoms with Gasteiger partial charge in [0.25, 0.3) is 0 Å². The van der Waals surface area contributed by atoms with Crippen LogP contribution in [0.25, 0.3) is 0 Å². The molecule has 5 atom stereocenters. The fourth-order valence-corrected chi connectivity index (χ4v) is 3.57. The van der Waals surface area contributed by atoms with Gasteiger partial charge in [-0.25, -0.2) is 9.67 Å². The second kappa shape index (κ2) is 7.61. The Kier molecular flexibility index (Phi) is 5.17. The number of benzene rings is 1. The highest BCUT2D eigenvalue weighted by atomic mass is 35.5. The van der Waals surface area contributed by atoms with Gasteiger partial charge in [0.2, 0.25) is 5.84 Å². The summed E-state index contributed by atoms with van der Waals surface area (Å²) in [5.41, 5.74) is 1.88. The first-order valence-electron chi connectivity index (χ1n) is 8.67. The van der Waals surface area contributed by atoms with Crippen LogP contribution >= 0.6 is 11.6 Å². The summed E-state index contributed by atoms with van der Waals surface area (Å²) >= 11 is 5.88. The minimum atomic E-state index is -1.31. The smallest absolute Gasteiger partial charge is 0.201 e. The number of hydrogen-bond acceptors (Lipinski definition) is 7. The fraction of sp³-hybridized carbons (Fsp3) is 0.389. The van der Waals surface area contributed by atoms with E-state index in [-0.39, 0.29) is 0 Å². The summed E-state index contributed by atoms with van der Waals surface area (Å²) < 4.78 is 7.32. The van der Waals surface area contributed by atoms with Gasteiger partial charge < -0.3 is 24.9 Å². The number of aromatic nitrogens is 2. The highest BCUT2D eigenvalue weighted by Gasteiger charge is 2.48. The van der Waals surface area contributed by atoms with Gasteiger partial charge in [-0.15, -0.1) is 0 Å². The summed E-state index contributed by atoms with van der Waals surface area (Å²) in [5.74, 6) is 0.362. The second-order valence-electron chi connectivity index (χ2n) is 6.53. The zero-order valence-electron chi connectivity index (χ0n) is 14.9. The number of fused-ring (bicyclic) bond motifs is 1. The van der Waals surface area contributed by atoms with Gasteiger partial charge in [-0.05, 0) is 17.7 Å². The van der Waals surface area contributed by atoms with Crippen LogP contribution in [0, 0.1) is 0 Å². The Hall–Kier alpha value is -2.30. The van der Waals surface area contributed by atoms with Crippen molar-refractivity contribution in [1.29, 1.82) is 0 Å². The minimum absolute atomic E-state index is 0.362. The van der Waals surface area contributed by atoms with Crippen LogP contribution in [0.1, 0.15) is 29.2 Å². The molecule has 0 amide bonds. The van der Waals surface area contributed by atoms with Gasteiger partial charge in [0.15, 0.2) is 6.23 Å². The first kappa shape index (κ1) is 19.0. The van der Waals surface area contributed by atoms with Crippen LogP contribution in [0.3, 0.4) is 0 Å². The quantitative estimate of drug-likeness (QED) is 0.646. The molecule has 1 saturated heterocycles. The first-order chi connectivity index (χ1) is 13.5. The Bertz CT molecular complexity index is 913. The number of halogens is 1. The predicted octanol–water partition coefficient (Wildman–Crippen LogP) is 0.824. The highest BCUT2D eigenvalue weighted by molar-refractivity contribution is 6.30. The topological polar surface area (TPSA) is 122 Å². The molecule has 1 aromatic carbocycles. The van der Waals surface area contributed by atoms with Crippen LogP contribution in [0.2, 0.25) is 5.02 Å². The molecule has 28 heavy (non-hydrogen) atoms. The van der Waals surface area contributed by atoms with Gasteiger partial charge in [0.1, 0.15) is 31.5 Å². The summed E-state index contributed by atoms with van der Waals surface area (Å²) in [6.07, 6.45) is -2.09. The van der Waals surface area contributed by atoms with Crippen LogP contribution in [0.4, 0.5) is 0 Å². The van der Waals surface area contributed by atoms with Crippen molar-refractivity contribution < 1.29 is 24.9 Å². The molecule has 2 aliphatic heterocycles. The molecule has 0 unspecified atom stereocenters. The SMILES string of the molecule is CO/N=C1/N=CCc2c1cnn2[C@@H]1O[C@H]([C@H](O)c2ccc(Cl)cc2)[C@@H](O)[C@H]1O.